The van der Waals surface area contributed by atoms with Gasteiger partial charge in [0.2, 0.25) is 0 Å². The molecule has 0 spiro atoms. The van der Waals surface area contributed by atoms with E-state index in [1.54, 1.807) is 30.1 Å². The summed E-state index contributed by atoms with van der Waals surface area (Å²) in [6, 6.07) is 4.43. The Labute approximate surface area is 105 Å². The van der Waals surface area contributed by atoms with Gasteiger partial charge in [0.25, 0.3) is 0 Å². The van der Waals surface area contributed by atoms with E-state index in [1.807, 2.05) is 6.92 Å². The van der Waals surface area contributed by atoms with Gasteiger partial charge in [0, 0.05) is 22.8 Å². The molecule has 0 bridgehead atoms. The van der Waals surface area contributed by atoms with E-state index in [9.17, 15) is 4.79 Å². The van der Waals surface area contributed by atoms with Crippen LogP contribution in [-0.2, 0) is 4.79 Å². The fourth-order valence-corrected chi connectivity index (χ4v) is 2.05. The van der Waals surface area contributed by atoms with Gasteiger partial charge in [-0.2, -0.15) is 0 Å². The van der Waals surface area contributed by atoms with E-state index >= 15 is 0 Å². The molecule has 0 aliphatic rings. The minimum Gasteiger partial charge on any atom is -0.480 e. The molecule has 0 saturated heterocycles. The highest BCUT2D eigenvalue weighted by molar-refractivity contribution is 6.35. The first-order valence-electron chi connectivity index (χ1n) is 4.87. The van der Waals surface area contributed by atoms with Gasteiger partial charge in [-0.25, -0.2) is 4.79 Å². The summed E-state index contributed by atoms with van der Waals surface area (Å²) in [5, 5.41) is 10.0. The van der Waals surface area contributed by atoms with Crippen molar-refractivity contribution in [1.82, 2.24) is 0 Å². The van der Waals surface area contributed by atoms with Crippen LogP contribution in [0.4, 0.5) is 5.69 Å². The fourth-order valence-electron chi connectivity index (χ4n) is 1.54. The van der Waals surface area contributed by atoms with Crippen molar-refractivity contribution >= 4 is 34.9 Å². The second-order valence-corrected chi connectivity index (χ2v) is 4.37. The maximum absolute atomic E-state index is 11.0. The van der Waals surface area contributed by atoms with Crippen molar-refractivity contribution in [3.8, 4) is 0 Å². The number of nitrogens with zero attached hydrogens (tertiary/aromatic N) is 1. The van der Waals surface area contributed by atoms with E-state index in [0.717, 1.165) is 0 Å². The topological polar surface area (TPSA) is 40.5 Å². The third-order valence-electron chi connectivity index (χ3n) is 2.39. The van der Waals surface area contributed by atoms with Gasteiger partial charge >= 0.3 is 5.97 Å². The molecule has 1 aromatic rings. The number of hydrogen-bond donors (Lipinski definition) is 1. The molecule has 16 heavy (non-hydrogen) atoms. The van der Waals surface area contributed by atoms with E-state index in [4.69, 9.17) is 28.3 Å². The number of carboxylic acids is 1. The van der Waals surface area contributed by atoms with Crippen LogP contribution in [0.1, 0.15) is 13.3 Å². The van der Waals surface area contributed by atoms with Crippen molar-refractivity contribution in [3.63, 3.8) is 0 Å². The Hall–Kier alpha value is -0.930. The molecule has 0 aliphatic heterocycles. The van der Waals surface area contributed by atoms with Gasteiger partial charge in [-0.05, 0) is 24.6 Å². The minimum atomic E-state index is -0.860. The predicted molar refractivity (Wildman–Crippen MR) is 66.6 cm³/mol. The van der Waals surface area contributed by atoms with Gasteiger partial charge in [0.15, 0.2) is 0 Å². The van der Waals surface area contributed by atoms with E-state index in [-0.39, 0.29) is 0 Å². The average Bonchev–Trinajstić information content (AvgIpc) is 2.16. The molecule has 0 amide bonds. The Balaban J connectivity index is 3.02. The smallest absolute Gasteiger partial charge is 0.326 e. The molecule has 1 aromatic carbocycles. The molecule has 5 heteroatoms. The number of rotatable bonds is 4. The maximum Gasteiger partial charge on any atom is 0.326 e. The van der Waals surface area contributed by atoms with Crippen molar-refractivity contribution in [2.45, 2.75) is 19.4 Å². The number of carbonyl (C=O) groups is 1. The van der Waals surface area contributed by atoms with Crippen LogP contribution < -0.4 is 4.90 Å². The van der Waals surface area contributed by atoms with Crippen molar-refractivity contribution in [2.24, 2.45) is 0 Å². The summed E-state index contributed by atoms with van der Waals surface area (Å²) in [5.41, 5.74) is 0.701. The first kappa shape index (κ1) is 13.1. The van der Waals surface area contributed by atoms with Crippen LogP contribution in [0, 0.1) is 0 Å². The summed E-state index contributed by atoms with van der Waals surface area (Å²) < 4.78 is 0. The number of carboxylic acid groups (broad SMARTS) is 1. The average molecular weight is 262 g/mol. The summed E-state index contributed by atoms with van der Waals surface area (Å²) in [6.07, 6.45) is 0.510. The zero-order valence-electron chi connectivity index (χ0n) is 9.08. The number of aliphatic carboxylic acids is 1. The normalized spacial score (nSPS) is 12.2. The molecule has 0 heterocycles. The number of hydrogen-bond acceptors (Lipinski definition) is 2. The first-order valence-corrected chi connectivity index (χ1v) is 5.63. The highest BCUT2D eigenvalue weighted by Gasteiger charge is 2.21. The molecule has 88 valence electrons. The van der Waals surface area contributed by atoms with E-state index in [0.29, 0.717) is 22.2 Å². The Morgan fingerprint density at radius 2 is 1.88 bits per heavy atom. The third kappa shape index (κ3) is 3.03. The number of benzene rings is 1. The number of anilines is 1. The summed E-state index contributed by atoms with van der Waals surface area (Å²) in [7, 11) is 1.71. The molecule has 1 rings (SSSR count). The molecule has 0 aliphatic carbocycles. The standard InChI is InChI=1S/C11H13Cl2NO2/c1-3-10(11(15)16)14(2)9-5-7(12)4-8(13)6-9/h4-6,10H,3H2,1-2H3,(H,15,16). The quantitative estimate of drug-likeness (QED) is 0.905. The molecule has 1 N–H and O–H groups in total. The molecule has 1 unspecified atom stereocenters. The van der Waals surface area contributed by atoms with Crippen molar-refractivity contribution in [2.75, 3.05) is 11.9 Å². The van der Waals surface area contributed by atoms with Crippen LogP contribution in [-0.4, -0.2) is 24.2 Å². The third-order valence-corrected chi connectivity index (χ3v) is 2.83. The second-order valence-electron chi connectivity index (χ2n) is 3.50. The van der Waals surface area contributed by atoms with Gasteiger partial charge in [0.1, 0.15) is 6.04 Å². The maximum atomic E-state index is 11.0. The zero-order chi connectivity index (χ0) is 12.3. The highest BCUT2D eigenvalue weighted by atomic mass is 35.5. The molecule has 0 fully saturated rings. The van der Waals surface area contributed by atoms with Gasteiger partial charge in [0.05, 0.1) is 0 Å². The molecule has 3 nitrogen and oxygen atoms in total. The Morgan fingerprint density at radius 1 is 1.38 bits per heavy atom. The second kappa shape index (κ2) is 5.41. The van der Waals surface area contributed by atoms with Crippen molar-refractivity contribution in [1.29, 1.82) is 0 Å². The lowest BCUT2D eigenvalue weighted by Crippen LogP contribution is -2.37. The first-order chi connectivity index (χ1) is 7.45. The Morgan fingerprint density at radius 3 is 2.25 bits per heavy atom. The van der Waals surface area contributed by atoms with Crippen LogP contribution in [0.25, 0.3) is 0 Å². The molecule has 0 aromatic heterocycles. The Bertz CT molecular complexity index is 375. The van der Waals surface area contributed by atoms with Crippen LogP contribution in [0.3, 0.4) is 0 Å². The van der Waals surface area contributed by atoms with Gasteiger partial charge in [-0.3, -0.25) is 0 Å². The van der Waals surface area contributed by atoms with Gasteiger partial charge in [-0.15, -0.1) is 0 Å². The van der Waals surface area contributed by atoms with Crippen LogP contribution >= 0.6 is 23.2 Å². The largest absolute Gasteiger partial charge is 0.480 e. The SMILES string of the molecule is CCC(C(=O)O)N(C)c1cc(Cl)cc(Cl)c1. The number of halogens is 2. The molecular formula is C11H13Cl2NO2. The van der Waals surface area contributed by atoms with Gasteiger partial charge < -0.3 is 10.0 Å². The zero-order valence-corrected chi connectivity index (χ0v) is 10.6. The summed E-state index contributed by atoms with van der Waals surface area (Å²) in [5.74, 6) is -0.860. The van der Waals surface area contributed by atoms with E-state index in [1.165, 1.54) is 0 Å². The van der Waals surface area contributed by atoms with Crippen molar-refractivity contribution in [3.05, 3.63) is 28.2 Å². The summed E-state index contributed by atoms with van der Waals surface area (Å²) in [6.45, 7) is 1.82. The van der Waals surface area contributed by atoms with Gasteiger partial charge in [-0.1, -0.05) is 30.1 Å². The molecule has 1 atom stereocenters. The summed E-state index contributed by atoms with van der Waals surface area (Å²) in [4.78, 5) is 12.7. The monoisotopic (exact) mass is 261 g/mol. The van der Waals surface area contributed by atoms with Crippen LogP contribution in [0.5, 0.6) is 0 Å². The Kier molecular flexibility index (Phi) is 4.44. The number of likely N-dealkylation sites (N-methyl/N-ethyl adjacent to an activating group) is 1. The molecule has 0 radical (unpaired) electrons. The minimum absolute atomic E-state index is 0.495. The van der Waals surface area contributed by atoms with Crippen LogP contribution in [0.15, 0.2) is 18.2 Å². The van der Waals surface area contributed by atoms with Crippen LogP contribution in [0.2, 0.25) is 10.0 Å². The van der Waals surface area contributed by atoms with Crippen molar-refractivity contribution < 1.29 is 9.90 Å². The molecular weight excluding hydrogens is 249 g/mol. The lowest BCUT2D eigenvalue weighted by Gasteiger charge is -2.26. The molecule has 0 saturated carbocycles. The van der Waals surface area contributed by atoms with E-state index < -0.39 is 12.0 Å². The fraction of sp³-hybridized carbons (Fsp3) is 0.364. The lowest BCUT2D eigenvalue weighted by molar-refractivity contribution is -0.138. The lowest BCUT2D eigenvalue weighted by atomic mass is 10.2. The predicted octanol–water partition coefficient (Wildman–Crippen LogP) is 3.29. The highest BCUT2D eigenvalue weighted by Crippen LogP contribution is 2.26. The summed E-state index contributed by atoms with van der Waals surface area (Å²) >= 11 is 11.7. The van der Waals surface area contributed by atoms with E-state index in [2.05, 4.69) is 0 Å².